The highest BCUT2D eigenvalue weighted by atomic mass is 16.4. The molecule has 1 unspecified atom stereocenters. The second-order valence-corrected chi connectivity index (χ2v) is 5.54. The van der Waals surface area contributed by atoms with Gasteiger partial charge in [-0.2, -0.15) is 0 Å². The molecule has 0 aliphatic carbocycles. The Labute approximate surface area is 124 Å². The molecular formula is C14H25N3O4. The number of amides is 3. The summed E-state index contributed by atoms with van der Waals surface area (Å²) in [5, 5.41) is 11.6. The standard InChI is InChI=1S/C14H25N3O4/c1-2-10-4-3-8-17(9-7-10)14(21)16-11(13(19)20)5-6-12(15)18/h10-11H,2-9H2,1H3,(H2,15,18)(H,16,21)(H,19,20)/t10?,11-/m0/s1. The normalized spacial score (nSPS) is 20.4. The average Bonchev–Trinajstić information content (AvgIpc) is 2.67. The Morgan fingerprint density at radius 2 is 2.05 bits per heavy atom. The first kappa shape index (κ1) is 17.3. The van der Waals surface area contributed by atoms with Gasteiger partial charge in [0.15, 0.2) is 0 Å². The van der Waals surface area contributed by atoms with Gasteiger partial charge in [0.1, 0.15) is 6.04 Å². The highest BCUT2D eigenvalue weighted by Gasteiger charge is 2.25. The SMILES string of the molecule is CCC1CCCN(C(=O)N[C@@H](CCC(N)=O)C(=O)O)CC1. The van der Waals surface area contributed by atoms with Crippen LogP contribution in [-0.4, -0.2) is 47.0 Å². The number of carboxylic acids is 1. The van der Waals surface area contributed by atoms with Gasteiger partial charge in [0, 0.05) is 19.5 Å². The van der Waals surface area contributed by atoms with Crippen molar-refractivity contribution in [2.75, 3.05) is 13.1 Å². The lowest BCUT2D eigenvalue weighted by molar-refractivity contribution is -0.139. The van der Waals surface area contributed by atoms with Crippen LogP contribution < -0.4 is 11.1 Å². The molecule has 4 N–H and O–H groups in total. The van der Waals surface area contributed by atoms with Crippen LogP contribution in [-0.2, 0) is 9.59 Å². The zero-order valence-corrected chi connectivity index (χ0v) is 12.5. The summed E-state index contributed by atoms with van der Waals surface area (Å²) in [4.78, 5) is 35.6. The summed E-state index contributed by atoms with van der Waals surface area (Å²) in [5.41, 5.74) is 5.01. The number of rotatable bonds is 6. The maximum Gasteiger partial charge on any atom is 0.326 e. The summed E-state index contributed by atoms with van der Waals surface area (Å²) >= 11 is 0. The van der Waals surface area contributed by atoms with Crippen LogP contribution in [0.15, 0.2) is 0 Å². The van der Waals surface area contributed by atoms with Crippen molar-refractivity contribution in [3.8, 4) is 0 Å². The molecule has 0 saturated carbocycles. The van der Waals surface area contributed by atoms with Crippen LogP contribution in [0.2, 0.25) is 0 Å². The maximum atomic E-state index is 12.1. The van der Waals surface area contributed by atoms with Gasteiger partial charge in [-0.1, -0.05) is 13.3 Å². The van der Waals surface area contributed by atoms with E-state index in [-0.39, 0.29) is 18.9 Å². The molecule has 0 aromatic heterocycles. The van der Waals surface area contributed by atoms with E-state index in [1.807, 2.05) is 0 Å². The van der Waals surface area contributed by atoms with Crippen LogP contribution in [0.25, 0.3) is 0 Å². The Bertz CT molecular complexity index is 386. The topological polar surface area (TPSA) is 113 Å². The highest BCUT2D eigenvalue weighted by molar-refractivity contribution is 5.83. The second kappa shape index (κ2) is 8.49. The molecule has 0 bridgehead atoms. The smallest absolute Gasteiger partial charge is 0.326 e. The minimum absolute atomic E-state index is 0.0157. The van der Waals surface area contributed by atoms with E-state index in [4.69, 9.17) is 10.8 Å². The third kappa shape index (κ3) is 6.01. The molecule has 1 rings (SSSR count). The molecule has 2 atom stereocenters. The zero-order valence-electron chi connectivity index (χ0n) is 12.5. The number of nitrogens with one attached hydrogen (secondary N) is 1. The second-order valence-electron chi connectivity index (χ2n) is 5.54. The minimum atomic E-state index is -1.15. The predicted octanol–water partition coefficient (Wildman–Crippen LogP) is 0.927. The van der Waals surface area contributed by atoms with Crippen molar-refractivity contribution < 1.29 is 19.5 Å². The van der Waals surface area contributed by atoms with Gasteiger partial charge in [-0.25, -0.2) is 9.59 Å². The summed E-state index contributed by atoms with van der Waals surface area (Å²) in [6.45, 7) is 3.43. The number of hydrogen-bond donors (Lipinski definition) is 3. The summed E-state index contributed by atoms with van der Waals surface area (Å²) in [7, 11) is 0. The fourth-order valence-electron chi connectivity index (χ4n) is 2.56. The molecule has 0 radical (unpaired) electrons. The molecule has 1 saturated heterocycles. The molecular weight excluding hydrogens is 274 g/mol. The fourth-order valence-corrected chi connectivity index (χ4v) is 2.56. The third-order valence-corrected chi connectivity index (χ3v) is 3.99. The molecule has 1 fully saturated rings. The Morgan fingerprint density at radius 1 is 1.33 bits per heavy atom. The first-order valence-electron chi connectivity index (χ1n) is 7.50. The molecule has 3 amide bonds. The van der Waals surface area contributed by atoms with E-state index in [1.165, 1.54) is 0 Å². The number of carboxylic acid groups (broad SMARTS) is 1. The van der Waals surface area contributed by atoms with E-state index >= 15 is 0 Å². The molecule has 7 nitrogen and oxygen atoms in total. The molecule has 0 spiro atoms. The molecule has 0 aromatic rings. The van der Waals surface area contributed by atoms with Crippen LogP contribution in [0.3, 0.4) is 0 Å². The lowest BCUT2D eigenvalue weighted by Gasteiger charge is -2.23. The van der Waals surface area contributed by atoms with Crippen LogP contribution >= 0.6 is 0 Å². The van der Waals surface area contributed by atoms with Gasteiger partial charge in [-0.15, -0.1) is 0 Å². The molecule has 120 valence electrons. The lowest BCUT2D eigenvalue weighted by atomic mass is 9.98. The van der Waals surface area contributed by atoms with E-state index < -0.39 is 17.9 Å². The number of nitrogens with zero attached hydrogens (tertiary/aromatic N) is 1. The Balaban J connectivity index is 2.52. The van der Waals surface area contributed by atoms with Crippen molar-refractivity contribution in [3.05, 3.63) is 0 Å². The summed E-state index contributed by atoms with van der Waals surface area (Å²) in [5.74, 6) is -1.09. The summed E-state index contributed by atoms with van der Waals surface area (Å²) < 4.78 is 0. The Morgan fingerprint density at radius 3 is 2.62 bits per heavy atom. The molecule has 0 aromatic carbocycles. The number of likely N-dealkylation sites (tertiary alicyclic amines) is 1. The van der Waals surface area contributed by atoms with Crippen molar-refractivity contribution in [2.45, 2.75) is 51.5 Å². The van der Waals surface area contributed by atoms with Crippen molar-refractivity contribution in [2.24, 2.45) is 11.7 Å². The largest absolute Gasteiger partial charge is 0.480 e. The van der Waals surface area contributed by atoms with Gasteiger partial charge in [-0.05, 0) is 31.6 Å². The van der Waals surface area contributed by atoms with Crippen LogP contribution in [0.1, 0.15) is 45.4 Å². The van der Waals surface area contributed by atoms with Gasteiger partial charge in [-0.3, -0.25) is 4.79 Å². The van der Waals surface area contributed by atoms with Gasteiger partial charge in [0.05, 0.1) is 0 Å². The lowest BCUT2D eigenvalue weighted by Crippen LogP contribution is -2.48. The number of hydrogen-bond acceptors (Lipinski definition) is 3. The number of nitrogens with two attached hydrogens (primary N) is 1. The number of carbonyl (C=O) groups excluding carboxylic acids is 2. The first-order chi connectivity index (χ1) is 9.93. The van der Waals surface area contributed by atoms with Crippen molar-refractivity contribution in [1.29, 1.82) is 0 Å². The van der Waals surface area contributed by atoms with Crippen molar-refractivity contribution >= 4 is 17.9 Å². The van der Waals surface area contributed by atoms with E-state index in [1.54, 1.807) is 4.90 Å². The minimum Gasteiger partial charge on any atom is -0.480 e. The van der Waals surface area contributed by atoms with E-state index in [0.29, 0.717) is 19.0 Å². The quantitative estimate of drug-likeness (QED) is 0.677. The van der Waals surface area contributed by atoms with Crippen molar-refractivity contribution in [1.82, 2.24) is 10.2 Å². The zero-order chi connectivity index (χ0) is 15.8. The van der Waals surface area contributed by atoms with E-state index in [2.05, 4.69) is 12.2 Å². The molecule has 21 heavy (non-hydrogen) atoms. The van der Waals surface area contributed by atoms with E-state index in [0.717, 1.165) is 25.7 Å². The van der Waals surface area contributed by atoms with Crippen molar-refractivity contribution in [3.63, 3.8) is 0 Å². The van der Waals surface area contributed by atoms with Crippen LogP contribution in [0, 0.1) is 5.92 Å². The summed E-state index contributed by atoms with van der Waals surface area (Å²) in [6, 6.07) is -1.45. The van der Waals surface area contributed by atoms with Crippen LogP contribution in [0.4, 0.5) is 4.79 Å². The van der Waals surface area contributed by atoms with Gasteiger partial charge >= 0.3 is 12.0 Å². The van der Waals surface area contributed by atoms with Crippen LogP contribution in [0.5, 0.6) is 0 Å². The molecule has 1 aliphatic heterocycles. The van der Waals surface area contributed by atoms with Gasteiger partial charge in [0.2, 0.25) is 5.91 Å². The third-order valence-electron chi connectivity index (χ3n) is 3.99. The molecule has 7 heteroatoms. The van der Waals surface area contributed by atoms with E-state index in [9.17, 15) is 14.4 Å². The summed E-state index contributed by atoms with van der Waals surface area (Å²) in [6.07, 6.45) is 4.04. The highest BCUT2D eigenvalue weighted by Crippen LogP contribution is 2.20. The Hall–Kier alpha value is -1.79. The maximum absolute atomic E-state index is 12.1. The number of urea groups is 1. The first-order valence-corrected chi connectivity index (χ1v) is 7.50. The molecule has 1 heterocycles. The Kier molecular flexibility index (Phi) is 6.98. The average molecular weight is 299 g/mol. The fraction of sp³-hybridized carbons (Fsp3) is 0.786. The van der Waals surface area contributed by atoms with Gasteiger partial charge in [0.25, 0.3) is 0 Å². The predicted molar refractivity (Wildman–Crippen MR) is 77.6 cm³/mol. The number of aliphatic carboxylic acids is 1. The molecule has 1 aliphatic rings. The number of carbonyl (C=O) groups is 3. The monoisotopic (exact) mass is 299 g/mol. The number of primary amides is 1. The van der Waals surface area contributed by atoms with Gasteiger partial charge < -0.3 is 21.1 Å².